The van der Waals surface area contributed by atoms with E-state index in [1.807, 2.05) is 36.4 Å². The summed E-state index contributed by atoms with van der Waals surface area (Å²) >= 11 is 3.45. The van der Waals surface area contributed by atoms with Gasteiger partial charge in [-0.3, -0.25) is 0 Å². The first-order valence-electron chi connectivity index (χ1n) is 6.43. The van der Waals surface area contributed by atoms with Crippen molar-refractivity contribution in [3.05, 3.63) is 53.6 Å². The van der Waals surface area contributed by atoms with Crippen LogP contribution >= 0.6 is 15.9 Å². The van der Waals surface area contributed by atoms with Crippen LogP contribution in [0.4, 0.5) is 0 Å². The predicted molar refractivity (Wildman–Crippen MR) is 85.5 cm³/mol. The highest BCUT2D eigenvalue weighted by Crippen LogP contribution is 2.41. The summed E-state index contributed by atoms with van der Waals surface area (Å²) in [6.07, 6.45) is 0. The van der Waals surface area contributed by atoms with Crippen LogP contribution in [0, 0.1) is 11.3 Å². The summed E-state index contributed by atoms with van der Waals surface area (Å²) in [5.74, 6) is 1.26. The smallest absolute Gasteiger partial charge is 0.178 e. The molecule has 0 aliphatic rings. The lowest BCUT2D eigenvalue weighted by Gasteiger charge is -2.03. The van der Waals surface area contributed by atoms with Crippen molar-refractivity contribution in [2.45, 2.75) is 5.33 Å². The number of nitriles is 1. The molecule has 3 rings (SSSR count). The Morgan fingerprint density at radius 1 is 1.24 bits per heavy atom. The first kappa shape index (κ1) is 13.7. The quantitative estimate of drug-likeness (QED) is 0.638. The maximum Gasteiger partial charge on any atom is 0.178 e. The second-order valence-electron chi connectivity index (χ2n) is 4.59. The number of rotatable bonds is 3. The Morgan fingerprint density at radius 3 is 2.76 bits per heavy atom. The molecule has 3 aromatic rings. The number of methoxy groups -OCH3 is 1. The zero-order chi connectivity index (χ0) is 14.8. The van der Waals surface area contributed by atoms with Gasteiger partial charge in [-0.15, -0.1) is 0 Å². The predicted octanol–water partition coefficient (Wildman–Crippen LogP) is 4.87. The topological polar surface area (TPSA) is 46.2 Å². The normalized spacial score (nSPS) is 10.5. The largest absolute Gasteiger partial charge is 0.492 e. The fourth-order valence-corrected chi connectivity index (χ4v) is 2.71. The number of benzene rings is 2. The van der Waals surface area contributed by atoms with Crippen molar-refractivity contribution >= 4 is 26.9 Å². The highest BCUT2D eigenvalue weighted by Gasteiger charge is 2.19. The van der Waals surface area contributed by atoms with Crippen molar-refractivity contribution in [1.29, 1.82) is 5.26 Å². The van der Waals surface area contributed by atoms with Crippen LogP contribution in [0.1, 0.15) is 11.1 Å². The van der Waals surface area contributed by atoms with E-state index in [0.717, 1.165) is 27.4 Å². The molecule has 4 heteroatoms. The van der Waals surface area contributed by atoms with Gasteiger partial charge in [0.15, 0.2) is 11.5 Å². The molecule has 21 heavy (non-hydrogen) atoms. The van der Waals surface area contributed by atoms with Crippen LogP contribution in [0.15, 0.2) is 46.9 Å². The number of fused-ring (bicyclic) bond motifs is 1. The van der Waals surface area contributed by atoms with Gasteiger partial charge in [-0.2, -0.15) is 5.26 Å². The van der Waals surface area contributed by atoms with Gasteiger partial charge in [-0.05, 0) is 29.8 Å². The van der Waals surface area contributed by atoms with Gasteiger partial charge in [0.05, 0.1) is 24.1 Å². The molecule has 0 N–H and O–H groups in total. The van der Waals surface area contributed by atoms with Crippen LogP contribution in [-0.2, 0) is 5.33 Å². The third kappa shape index (κ3) is 2.30. The van der Waals surface area contributed by atoms with Gasteiger partial charge in [0, 0.05) is 10.9 Å². The minimum Gasteiger partial charge on any atom is -0.492 e. The molecule has 0 fully saturated rings. The highest BCUT2D eigenvalue weighted by molar-refractivity contribution is 9.08. The summed E-state index contributed by atoms with van der Waals surface area (Å²) in [7, 11) is 1.61. The Kier molecular flexibility index (Phi) is 3.68. The van der Waals surface area contributed by atoms with E-state index < -0.39 is 0 Å². The zero-order valence-corrected chi connectivity index (χ0v) is 13.0. The van der Waals surface area contributed by atoms with Crippen LogP contribution in [0.2, 0.25) is 0 Å². The molecule has 0 saturated heterocycles. The Balaban J connectivity index is 2.30. The van der Waals surface area contributed by atoms with Gasteiger partial charge in [-0.1, -0.05) is 34.1 Å². The lowest BCUT2D eigenvalue weighted by molar-refractivity contribution is 0.414. The van der Waals surface area contributed by atoms with E-state index in [1.54, 1.807) is 13.2 Å². The van der Waals surface area contributed by atoms with Crippen LogP contribution in [0.25, 0.3) is 22.3 Å². The Bertz CT molecular complexity index is 846. The minimum atomic E-state index is 0.565. The monoisotopic (exact) mass is 341 g/mol. The van der Waals surface area contributed by atoms with Crippen LogP contribution in [0.5, 0.6) is 5.75 Å². The molecule has 1 aromatic heterocycles. The third-order valence-electron chi connectivity index (χ3n) is 3.36. The molecule has 0 bridgehead atoms. The number of furan rings is 1. The average Bonchev–Trinajstić information content (AvgIpc) is 2.91. The van der Waals surface area contributed by atoms with Crippen LogP contribution in [-0.4, -0.2) is 7.11 Å². The third-order valence-corrected chi connectivity index (χ3v) is 4.00. The van der Waals surface area contributed by atoms with E-state index in [9.17, 15) is 5.26 Å². The molecule has 2 aromatic carbocycles. The summed E-state index contributed by atoms with van der Waals surface area (Å²) in [6, 6.07) is 15.5. The molecule has 0 unspecified atom stereocenters. The standard InChI is InChI=1S/C17H12BrNO2/c1-20-16-14-8-11(9-18)6-7-15(14)21-17(16)13-5-3-2-4-12(13)10-19/h2-8H,9H2,1H3. The van der Waals surface area contributed by atoms with Gasteiger partial charge in [-0.25, -0.2) is 0 Å². The van der Waals surface area contributed by atoms with Crippen molar-refractivity contribution in [3.63, 3.8) is 0 Å². The summed E-state index contributed by atoms with van der Waals surface area (Å²) < 4.78 is 11.5. The molecule has 0 aliphatic carbocycles. The maximum atomic E-state index is 9.26. The molecular formula is C17H12BrNO2. The number of hydrogen-bond donors (Lipinski definition) is 0. The van der Waals surface area contributed by atoms with Crippen molar-refractivity contribution < 1.29 is 9.15 Å². The summed E-state index contributed by atoms with van der Waals surface area (Å²) in [5, 5.41) is 10.9. The van der Waals surface area contributed by atoms with Gasteiger partial charge in [0.1, 0.15) is 5.58 Å². The molecule has 104 valence electrons. The van der Waals surface area contributed by atoms with Crippen molar-refractivity contribution in [2.24, 2.45) is 0 Å². The Labute approximate surface area is 130 Å². The van der Waals surface area contributed by atoms with Gasteiger partial charge < -0.3 is 9.15 Å². The second kappa shape index (κ2) is 5.63. The van der Waals surface area contributed by atoms with Crippen molar-refractivity contribution in [3.8, 4) is 23.1 Å². The van der Waals surface area contributed by atoms with E-state index in [1.165, 1.54) is 0 Å². The summed E-state index contributed by atoms with van der Waals surface area (Å²) in [6.45, 7) is 0. The lowest BCUT2D eigenvalue weighted by atomic mass is 10.0. The lowest BCUT2D eigenvalue weighted by Crippen LogP contribution is -1.87. The van der Waals surface area contributed by atoms with E-state index in [4.69, 9.17) is 9.15 Å². The first-order valence-corrected chi connectivity index (χ1v) is 7.55. The number of hydrogen-bond acceptors (Lipinski definition) is 3. The molecule has 0 atom stereocenters. The molecule has 0 amide bonds. The van der Waals surface area contributed by atoms with E-state index >= 15 is 0 Å². The molecule has 3 nitrogen and oxygen atoms in total. The number of ether oxygens (including phenoxy) is 1. The molecule has 0 aliphatic heterocycles. The highest BCUT2D eigenvalue weighted by atomic mass is 79.9. The molecule has 0 spiro atoms. The average molecular weight is 342 g/mol. The first-order chi connectivity index (χ1) is 10.3. The SMILES string of the molecule is COc1c(-c2ccccc2C#N)oc2ccc(CBr)cc12. The number of alkyl halides is 1. The Morgan fingerprint density at radius 2 is 2.05 bits per heavy atom. The fourth-order valence-electron chi connectivity index (χ4n) is 2.36. The van der Waals surface area contributed by atoms with Gasteiger partial charge in [0.2, 0.25) is 0 Å². The molecule has 0 saturated carbocycles. The summed E-state index contributed by atoms with van der Waals surface area (Å²) in [5.41, 5.74) is 3.20. The van der Waals surface area contributed by atoms with Crippen LogP contribution in [0.3, 0.4) is 0 Å². The Hall–Kier alpha value is -2.25. The van der Waals surface area contributed by atoms with E-state index in [2.05, 4.69) is 22.0 Å². The molecule has 1 heterocycles. The van der Waals surface area contributed by atoms with Gasteiger partial charge in [0.25, 0.3) is 0 Å². The van der Waals surface area contributed by atoms with Gasteiger partial charge >= 0.3 is 0 Å². The fraction of sp³-hybridized carbons (Fsp3) is 0.118. The van der Waals surface area contributed by atoms with Crippen LogP contribution < -0.4 is 4.74 Å². The summed E-state index contributed by atoms with van der Waals surface area (Å²) in [4.78, 5) is 0. The van der Waals surface area contributed by atoms with E-state index in [-0.39, 0.29) is 0 Å². The second-order valence-corrected chi connectivity index (χ2v) is 5.15. The zero-order valence-electron chi connectivity index (χ0n) is 11.4. The van der Waals surface area contributed by atoms with Crippen molar-refractivity contribution in [1.82, 2.24) is 0 Å². The molecule has 0 radical (unpaired) electrons. The number of nitrogens with zero attached hydrogens (tertiary/aromatic N) is 1. The van der Waals surface area contributed by atoms with E-state index in [0.29, 0.717) is 17.1 Å². The maximum absolute atomic E-state index is 9.26. The minimum absolute atomic E-state index is 0.565. The molecular weight excluding hydrogens is 330 g/mol. The number of halogens is 1. The van der Waals surface area contributed by atoms with Crippen molar-refractivity contribution in [2.75, 3.05) is 7.11 Å².